The van der Waals surface area contributed by atoms with Gasteiger partial charge < -0.3 is 5.32 Å². The highest BCUT2D eigenvalue weighted by Gasteiger charge is 2.20. The van der Waals surface area contributed by atoms with E-state index in [2.05, 4.69) is 10.2 Å². The minimum atomic E-state index is -1.13. The third kappa shape index (κ3) is 4.36. The average Bonchev–Trinajstić information content (AvgIpc) is 2.38. The third-order valence-electron chi connectivity index (χ3n) is 3.68. The van der Waals surface area contributed by atoms with Crippen molar-refractivity contribution in [2.45, 2.75) is 19.4 Å². The molecule has 0 saturated carbocycles. The lowest BCUT2D eigenvalue weighted by Crippen LogP contribution is -2.36. The van der Waals surface area contributed by atoms with Gasteiger partial charge in [0.05, 0.1) is 0 Å². The Morgan fingerprint density at radius 1 is 1.10 bits per heavy atom. The van der Waals surface area contributed by atoms with Crippen molar-refractivity contribution in [3.05, 3.63) is 35.1 Å². The molecule has 1 aliphatic rings. The Morgan fingerprint density at radius 3 is 2.30 bits per heavy atom. The van der Waals surface area contributed by atoms with Crippen molar-refractivity contribution in [3.63, 3.8) is 0 Å². The Labute approximate surface area is 123 Å². The first-order chi connectivity index (χ1) is 9.10. The monoisotopic (exact) mass is 308 g/mol. The molecule has 20 heavy (non-hydrogen) atoms. The molecule has 0 radical (unpaired) electrons. The van der Waals surface area contributed by atoms with Crippen LogP contribution in [-0.2, 0) is 6.54 Å². The van der Waals surface area contributed by atoms with Gasteiger partial charge in [-0.25, -0.2) is 13.2 Å². The van der Waals surface area contributed by atoms with E-state index in [9.17, 15) is 13.2 Å². The first-order valence-corrected chi connectivity index (χ1v) is 6.60. The van der Waals surface area contributed by atoms with Gasteiger partial charge in [0, 0.05) is 18.2 Å². The number of hydrogen-bond acceptors (Lipinski definition) is 2. The molecule has 1 saturated heterocycles. The molecule has 2 nitrogen and oxygen atoms in total. The number of hydrogen-bond donors (Lipinski definition) is 1. The zero-order valence-corrected chi connectivity index (χ0v) is 12.3. The number of halogens is 4. The summed E-state index contributed by atoms with van der Waals surface area (Å²) in [6.45, 7) is 3.07. The molecular formula is C14H20ClF3N2. The van der Waals surface area contributed by atoms with Crippen LogP contribution in [0.25, 0.3) is 0 Å². The first-order valence-electron chi connectivity index (χ1n) is 6.60. The van der Waals surface area contributed by atoms with Gasteiger partial charge in [-0.05, 0) is 51.5 Å². The summed E-state index contributed by atoms with van der Waals surface area (Å²) in [5, 5.41) is 3.15. The van der Waals surface area contributed by atoms with E-state index in [1.807, 2.05) is 7.05 Å². The number of rotatable bonds is 4. The van der Waals surface area contributed by atoms with Crippen LogP contribution < -0.4 is 5.32 Å². The maximum absolute atomic E-state index is 13.5. The Bertz CT molecular complexity index is 435. The van der Waals surface area contributed by atoms with Crippen LogP contribution >= 0.6 is 12.4 Å². The van der Waals surface area contributed by atoms with Crippen molar-refractivity contribution < 1.29 is 13.2 Å². The molecule has 0 aliphatic carbocycles. The maximum atomic E-state index is 13.5. The Morgan fingerprint density at radius 2 is 1.70 bits per heavy atom. The SMILES string of the molecule is CNCC1CCN(Cc2cc(F)c(F)cc2F)CC1.Cl. The molecule has 2 rings (SSSR count). The minimum absolute atomic E-state index is 0. The van der Waals surface area contributed by atoms with Gasteiger partial charge in [0.25, 0.3) is 0 Å². The van der Waals surface area contributed by atoms with Crippen molar-refractivity contribution in [1.82, 2.24) is 10.2 Å². The van der Waals surface area contributed by atoms with E-state index in [-0.39, 0.29) is 18.0 Å². The van der Waals surface area contributed by atoms with E-state index in [1.165, 1.54) is 0 Å². The first kappa shape index (κ1) is 17.3. The zero-order chi connectivity index (χ0) is 13.8. The van der Waals surface area contributed by atoms with Crippen LogP contribution in [0.1, 0.15) is 18.4 Å². The maximum Gasteiger partial charge on any atom is 0.161 e. The second-order valence-corrected chi connectivity index (χ2v) is 5.13. The fraction of sp³-hybridized carbons (Fsp3) is 0.571. The van der Waals surface area contributed by atoms with Gasteiger partial charge in [-0.3, -0.25) is 4.90 Å². The van der Waals surface area contributed by atoms with Crippen LogP contribution in [0.15, 0.2) is 12.1 Å². The minimum Gasteiger partial charge on any atom is -0.319 e. The molecule has 1 fully saturated rings. The summed E-state index contributed by atoms with van der Waals surface area (Å²) in [5.74, 6) is -2.14. The largest absolute Gasteiger partial charge is 0.319 e. The lowest BCUT2D eigenvalue weighted by atomic mass is 9.96. The van der Waals surface area contributed by atoms with Crippen molar-refractivity contribution in [3.8, 4) is 0 Å². The molecule has 1 aromatic rings. The molecule has 1 heterocycles. The summed E-state index contributed by atoms with van der Waals surface area (Å²) in [6, 6.07) is 1.59. The average molecular weight is 309 g/mol. The molecule has 114 valence electrons. The highest BCUT2D eigenvalue weighted by atomic mass is 35.5. The standard InChI is InChI=1S/C14H19F3N2.ClH/c1-18-8-10-2-4-19(5-3-10)9-11-6-13(16)14(17)7-12(11)15;/h6-7,10,18H,2-5,8-9H2,1H3;1H. The fourth-order valence-corrected chi connectivity index (χ4v) is 2.56. The number of piperidine rings is 1. The molecule has 1 aliphatic heterocycles. The third-order valence-corrected chi connectivity index (χ3v) is 3.68. The van der Waals surface area contributed by atoms with Crippen molar-refractivity contribution >= 4 is 12.4 Å². The van der Waals surface area contributed by atoms with Crippen LogP contribution in [0.3, 0.4) is 0 Å². The Balaban J connectivity index is 0.00000200. The second-order valence-electron chi connectivity index (χ2n) is 5.13. The Hall–Kier alpha value is -0.780. The van der Waals surface area contributed by atoms with Gasteiger partial charge >= 0.3 is 0 Å². The number of nitrogens with zero attached hydrogens (tertiary/aromatic N) is 1. The Kier molecular flexibility index (Phi) is 6.79. The zero-order valence-electron chi connectivity index (χ0n) is 11.5. The van der Waals surface area contributed by atoms with Crippen LogP contribution in [-0.4, -0.2) is 31.6 Å². The van der Waals surface area contributed by atoms with Gasteiger partial charge in [-0.2, -0.15) is 0 Å². The number of nitrogens with one attached hydrogen (secondary N) is 1. The van der Waals surface area contributed by atoms with E-state index in [1.54, 1.807) is 0 Å². The van der Waals surface area contributed by atoms with Crippen LogP contribution in [0.5, 0.6) is 0 Å². The quantitative estimate of drug-likeness (QED) is 0.860. The van der Waals surface area contributed by atoms with Gasteiger partial charge in [0.1, 0.15) is 5.82 Å². The molecule has 0 aromatic heterocycles. The normalized spacial score (nSPS) is 17.0. The molecule has 1 N–H and O–H groups in total. The lowest BCUT2D eigenvalue weighted by Gasteiger charge is -2.31. The van der Waals surface area contributed by atoms with Crippen molar-refractivity contribution in [1.29, 1.82) is 0 Å². The molecule has 0 unspecified atom stereocenters. The molecular weight excluding hydrogens is 289 g/mol. The van der Waals surface area contributed by atoms with Crippen LogP contribution in [0.2, 0.25) is 0 Å². The molecule has 0 atom stereocenters. The summed E-state index contributed by atoms with van der Waals surface area (Å²) >= 11 is 0. The molecule has 6 heteroatoms. The molecule has 0 amide bonds. The summed E-state index contributed by atoms with van der Waals surface area (Å²) < 4.78 is 39.5. The molecule has 0 bridgehead atoms. The van der Waals surface area contributed by atoms with Gasteiger partial charge in [0.15, 0.2) is 11.6 Å². The predicted octanol–water partition coefficient (Wildman–Crippen LogP) is 2.96. The molecule has 1 aromatic carbocycles. The highest BCUT2D eigenvalue weighted by Crippen LogP contribution is 2.20. The highest BCUT2D eigenvalue weighted by molar-refractivity contribution is 5.85. The number of likely N-dealkylation sites (tertiary alicyclic amines) is 1. The van der Waals surface area contributed by atoms with Crippen molar-refractivity contribution in [2.24, 2.45) is 5.92 Å². The van der Waals surface area contributed by atoms with E-state index in [0.29, 0.717) is 18.5 Å². The van der Waals surface area contributed by atoms with Crippen molar-refractivity contribution in [2.75, 3.05) is 26.7 Å². The topological polar surface area (TPSA) is 15.3 Å². The molecule has 0 spiro atoms. The van der Waals surface area contributed by atoms with E-state index >= 15 is 0 Å². The lowest BCUT2D eigenvalue weighted by molar-refractivity contribution is 0.174. The van der Waals surface area contributed by atoms with Gasteiger partial charge in [-0.1, -0.05) is 0 Å². The van der Waals surface area contributed by atoms with E-state index in [4.69, 9.17) is 0 Å². The van der Waals surface area contributed by atoms with Crippen LogP contribution in [0.4, 0.5) is 13.2 Å². The predicted molar refractivity (Wildman–Crippen MR) is 75.5 cm³/mol. The fourth-order valence-electron chi connectivity index (χ4n) is 2.56. The smallest absolute Gasteiger partial charge is 0.161 e. The van der Waals surface area contributed by atoms with E-state index < -0.39 is 17.5 Å². The summed E-state index contributed by atoms with van der Waals surface area (Å²) in [4.78, 5) is 2.09. The van der Waals surface area contributed by atoms with Gasteiger partial charge in [-0.15, -0.1) is 12.4 Å². The summed E-state index contributed by atoms with van der Waals surface area (Å²) in [7, 11) is 1.93. The summed E-state index contributed by atoms with van der Waals surface area (Å²) in [5.41, 5.74) is 0.228. The number of benzene rings is 1. The van der Waals surface area contributed by atoms with Gasteiger partial charge in [0.2, 0.25) is 0 Å². The second kappa shape index (κ2) is 7.86. The van der Waals surface area contributed by atoms with Crippen LogP contribution in [0, 0.1) is 23.4 Å². The van der Waals surface area contributed by atoms with E-state index in [0.717, 1.165) is 38.5 Å². The summed E-state index contributed by atoms with van der Waals surface area (Å²) in [6.07, 6.45) is 2.10.